The van der Waals surface area contributed by atoms with Crippen LogP contribution in [0.4, 0.5) is 11.5 Å². The van der Waals surface area contributed by atoms with E-state index in [9.17, 15) is 8.42 Å². The highest BCUT2D eigenvalue weighted by Gasteiger charge is 2.28. The van der Waals surface area contributed by atoms with Gasteiger partial charge in [-0.3, -0.25) is 4.68 Å². The number of sulfonamides is 1. The van der Waals surface area contributed by atoms with Gasteiger partial charge in [0.25, 0.3) is 0 Å². The van der Waals surface area contributed by atoms with Gasteiger partial charge in [0.15, 0.2) is 5.82 Å². The molecule has 0 aliphatic carbocycles. The highest BCUT2D eigenvalue weighted by molar-refractivity contribution is 7.92. The summed E-state index contributed by atoms with van der Waals surface area (Å²) in [4.78, 5) is 5.16. The molecule has 0 N–H and O–H groups in total. The molecule has 0 spiro atoms. The maximum atomic E-state index is 13.2. The molecule has 1 aromatic heterocycles. The van der Waals surface area contributed by atoms with Crippen molar-refractivity contribution in [3.63, 3.8) is 0 Å². The molecule has 0 aliphatic rings. The summed E-state index contributed by atoms with van der Waals surface area (Å²) in [6, 6.07) is 30.7. The van der Waals surface area contributed by atoms with Gasteiger partial charge in [-0.1, -0.05) is 84.4 Å². The van der Waals surface area contributed by atoms with E-state index in [4.69, 9.17) is 26.4 Å². The first-order valence-corrected chi connectivity index (χ1v) is 15.4. The van der Waals surface area contributed by atoms with Crippen molar-refractivity contribution in [2.45, 2.75) is 26.4 Å². The SMILES string of the molecule is COc1ccc(CN(c2nn(C(C)C)c3c(N=C(c4ccccc4)c4ccccc4)ccc(Cl)c23)S(C)(=O)=O)cc1. The number of rotatable bonds is 9. The Morgan fingerprint density at radius 3 is 2.02 bits per heavy atom. The monoisotopic (exact) mass is 586 g/mol. The molecule has 0 saturated heterocycles. The zero-order valence-electron chi connectivity index (χ0n) is 23.3. The minimum atomic E-state index is -3.74. The van der Waals surface area contributed by atoms with Gasteiger partial charge in [0, 0.05) is 17.2 Å². The molecule has 0 amide bonds. The van der Waals surface area contributed by atoms with Crippen LogP contribution in [-0.4, -0.2) is 37.3 Å². The van der Waals surface area contributed by atoms with Crippen molar-refractivity contribution in [2.24, 2.45) is 4.99 Å². The lowest BCUT2D eigenvalue weighted by Gasteiger charge is -2.21. The van der Waals surface area contributed by atoms with E-state index in [2.05, 4.69) is 0 Å². The Morgan fingerprint density at radius 2 is 1.51 bits per heavy atom. The predicted octanol–water partition coefficient (Wildman–Crippen LogP) is 7.41. The van der Waals surface area contributed by atoms with Crippen molar-refractivity contribution >= 4 is 49.7 Å². The van der Waals surface area contributed by atoms with E-state index >= 15 is 0 Å². The fourth-order valence-electron chi connectivity index (χ4n) is 4.69. The van der Waals surface area contributed by atoms with Crippen LogP contribution in [0.3, 0.4) is 0 Å². The van der Waals surface area contributed by atoms with Crippen LogP contribution in [0.25, 0.3) is 10.9 Å². The molecule has 7 nitrogen and oxygen atoms in total. The smallest absolute Gasteiger partial charge is 0.233 e. The summed E-state index contributed by atoms with van der Waals surface area (Å²) in [5.41, 5.74) is 4.77. The van der Waals surface area contributed by atoms with Gasteiger partial charge in [-0.15, -0.1) is 0 Å². The molecule has 0 saturated carbocycles. The lowest BCUT2D eigenvalue weighted by atomic mass is 10.0. The maximum Gasteiger partial charge on any atom is 0.233 e. The lowest BCUT2D eigenvalue weighted by molar-refractivity contribution is 0.414. The van der Waals surface area contributed by atoms with Gasteiger partial charge in [0.05, 0.1) is 47.2 Å². The molecule has 41 heavy (non-hydrogen) atoms. The second kappa shape index (κ2) is 11.8. The molecule has 5 rings (SSSR count). The highest BCUT2D eigenvalue weighted by atomic mass is 35.5. The number of benzene rings is 4. The van der Waals surface area contributed by atoms with Crippen LogP contribution < -0.4 is 9.04 Å². The van der Waals surface area contributed by atoms with Crippen molar-refractivity contribution in [3.05, 3.63) is 119 Å². The van der Waals surface area contributed by atoms with Crippen molar-refractivity contribution in [1.29, 1.82) is 0 Å². The molecule has 0 radical (unpaired) electrons. The molecule has 9 heteroatoms. The van der Waals surface area contributed by atoms with E-state index in [0.717, 1.165) is 22.4 Å². The number of aliphatic imine (C=N–C) groups is 1. The molecule has 0 bridgehead atoms. The van der Waals surface area contributed by atoms with Crippen LogP contribution in [0, 0.1) is 0 Å². The fourth-order valence-corrected chi connectivity index (χ4v) is 5.76. The summed E-state index contributed by atoms with van der Waals surface area (Å²) in [5.74, 6) is 0.947. The Kier molecular flexibility index (Phi) is 8.15. The molecule has 5 aromatic rings. The van der Waals surface area contributed by atoms with Crippen molar-refractivity contribution < 1.29 is 13.2 Å². The van der Waals surface area contributed by atoms with Gasteiger partial charge < -0.3 is 4.74 Å². The first-order chi connectivity index (χ1) is 19.7. The molecule has 0 aliphatic heterocycles. The van der Waals surface area contributed by atoms with Gasteiger partial charge in [0.2, 0.25) is 10.0 Å². The fraction of sp³-hybridized carbons (Fsp3) is 0.188. The lowest BCUT2D eigenvalue weighted by Crippen LogP contribution is -2.30. The quantitative estimate of drug-likeness (QED) is 0.168. The largest absolute Gasteiger partial charge is 0.497 e. The van der Waals surface area contributed by atoms with E-state index in [1.54, 1.807) is 30.0 Å². The van der Waals surface area contributed by atoms with E-state index in [-0.39, 0.29) is 18.4 Å². The minimum Gasteiger partial charge on any atom is -0.497 e. The van der Waals surface area contributed by atoms with Gasteiger partial charge in [-0.05, 0) is 43.7 Å². The number of ether oxygens (including phenoxy) is 1. The average Bonchev–Trinajstić information content (AvgIpc) is 3.38. The second-order valence-electron chi connectivity index (χ2n) is 9.96. The van der Waals surface area contributed by atoms with Crippen molar-refractivity contribution in [1.82, 2.24) is 9.78 Å². The molecular weight excluding hydrogens is 556 g/mol. The van der Waals surface area contributed by atoms with E-state index in [1.807, 2.05) is 92.7 Å². The van der Waals surface area contributed by atoms with Gasteiger partial charge in [-0.25, -0.2) is 17.7 Å². The summed E-state index contributed by atoms with van der Waals surface area (Å²) in [6.45, 7) is 4.07. The Bertz CT molecular complexity index is 1760. The topological polar surface area (TPSA) is 76.8 Å². The molecule has 0 atom stereocenters. The number of halogens is 1. The van der Waals surface area contributed by atoms with Crippen LogP contribution in [0.5, 0.6) is 5.75 Å². The first kappa shape index (κ1) is 28.4. The average molecular weight is 587 g/mol. The van der Waals surface area contributed by atoms with E-state index in [1.165, 1.54) is 10.6 Å². The number of anilines is 1. The molecule has 4 aromatic carbocycles. The number of nitrogens with zero attached hydrogens (tertiary/aromatic N) is 4. The van der Waals surface area contributed by atoms with Crippen LogP contribution >= 0.6 is 11.6 Å². The van der Waals surface area contributed by atoms with Crippen LogP contribution in [0.1, 0.15) is 36.6 Å². The van der Waals surface area contributed by atoms with Crippen molar-refractivity contribution in [3.8, 4) is 5.75 Å². The molecule has 1 heterocycles. The summed E-state index contributed by atoms with van der Waals surface area (Å²) in [6.07, 6.45) is 1.18. The summed E-state index contributed by atoms with van der Waals surface area (Å²) in [7, 11) is -2.15. The predicted molar refractivity (Wildman–Crippen MR) is 167 cm³/mol. The van der Waals surface area contributed by atoms with Gasteiger partial charge >= 0.3 is 0 Å². The number of hydrogen-bond donors (Lipinski definition) is 0. The van der Waals surface area contributed by atoms with E-state index in [0.29, 0.717) is 27.4 Å². The summed E-state index contributed by atoms with van der Waals surface area (Å²) >= 11 is 6.82. The van der Waals surface area contributed by atoms with E-state index < -0.39 is 10.0 Å². The number of methoxy groups -OCH3 is 1. The van der Waals surface area contributed by atoms with Gasteiger partial charge in [0.1, 0.15) is 5.75 Å². The summed E-state index contributed by atoms with van der Waals surface area (Å²) < 4.78 is 34.8. The Morgan fingerprint density at radius 1 is 0.927 bits per heavy atom. The number of aromatic nitrogens is 2. The third-order valence-electron chi connectivity index (χ3n) is 6.70. The Hall–Kier alpha value is -4.14. The first-order valence-electron chi connectivity index (χ1n) is 13.2. The molecule has 0 fully saturated rings. The highest BCUT2D eigenvalue weighted by Crippen LogP contribution is 2.41. The van der Waals surface area contributed by atoms with Crippen molar-refractivity contribution in [2.75, 3.05) is 17.7 Å². The Balaban J connectivity index is 1.75. The molecule has 0 unspecified atom stereocenters. The normalized spacial score (nSPS) is 11.6. The maximum absolute atomic E-state index is 13.2. The third-order valence-corrected chi connectivity index (χ3v) is 8.12. The second-order valence-corrected chi connectivity index (χ2v) is 12.3. The van der Waals surface area contributed by atoms with Crippen LogP contribution in [0.15, 0.2) is 102 Å². The van der Waals surface area contributed by atoms with Gasteiger partial charge in [-0.2, -0.15) is 5.10 Å². The number of hydrogen-bond acceptors (Lipinski definition) is 5. The zero-order chi connectivity index (χ0) is 29.1. The van der Waals surface area contributed by atoms with Crippen LogP contribution in [0.2, 0.25) is 5.02 Å². The Labute approximate surface area is 245 Å². The molecular formula is C32H31ClN4O3S. The number of fused-ring (bicyclic) bond motifs is 1. The minimum absolute atomic E-state index is 0.0795. The zero-order valence-corrected chi connectivity index (χ0v) is 24.9. The van der Waals surface area contributed by atoms with Crippen LogP contribution in [-0.2, 0) is 16.6 Å². The molecule has 210 valence electrons. The standard InChI is InChI=1S/C32H31ClN4O3S/c1-22(2)37-31-28(34-30(24-11-7-5-8-12-24)25-13-9-6-10-14-25)20-19-27(33)29(31)32(35-37)36(41(4,38)39)21-23-15-17-26(40-3)18-16-23/h5-20,22H,21H2,1-4H3. The summed E-state index contributed by atoms with van der Waals surface area (Å²) in [5, 5.41) is 5.77. The third kappa shape index (κ3) is 5.99.